The molecule has 0 radical (unpaired) electrons. The minimum Gasteiger partial charge on any atom is -0.465 e. The lowest BCUT2D eigenvalue weighted by atomic mass is 10.1. The minimum atomic E-state index is -0.543. The Kier molecular flexibility index (Phi) is 6.62. The third kappa shape index (κ3) is 5.02. The second-order valence-corrected chi connectivity index (χ2v) is 2.72. The maximum absolute atomic E-state index is 10.9. The fourth-order valence-corrected chi connectivity index (χ4v) is 0.925. The van der Waals surface area contributed by atoms with Crippen LogP contribution < -0.4 is 0 Å². The normalized spacial score (nSPS) is 10.7. The van der Waals surface area contributed by atoms with Crippen LogP contribution in [0, 0.1) is 11.3 Å². The summed E-state index contributed by atoms with van der Waals surface area (Å²) in [7, 11) is 1.28. The topological polar surface area (TPSA) is 50.1 Å². The Labute approximate surface area is 79.0 Å². The number of hydrogen-bond acceptors (Lipinski definition) is 3. The van der Waals surface area contributed by atoms with Crippen LogP contribution in [0.5, 0.6) is 0 Å². The van der Waals surface area contributed by atoms with Gasteiger partial charge in [-0.05, 0) is 12.8 Å². The molecule has 0 saturated carbocycles. The fourth-order valence-electron chi connectivity index (χ4n) is 0.925. The molecule has 0 aliphatic heterocycles. The molecule has 0 aliphatic rings. The van der Waals surface area contributed by atoms with E-state index in [-0.39, 0.29) is 5.57 Å². The van der Waals surface area contributed by atoms with Crippen LogP contribution >= 0.6 is 0 Å². The average molecular weight is 181 g/mol. The summed E-state index contributed by atoms with van der Waals surface area (Å²) >= 11 is 0. The highest BCUT2D eigenvalue weighted by molar-refractivity contribution is 5.92. The van der Waals surface area contributed by atoms with Crippen LogP contribution in [0.4, 0.5) is 0 Å². The molecule has 0 spiro atoms. The van der Waals surface area contributed by atoms with Crippen molar-refractivity contribution in [2.45, 2.75) is 32.6 Å². The molecule has 0 saturated heterocycles. The summed E-state index contributed by atoms with van der Waals surface area (Å²) in [4.78, 5) is 10.9. The lowest BCUT2D eigenvalue weighted by molar-refractivity contribution is -0.135. The van der Waals surface area contributed by atoms with E-state index < -0.39 is 5.97 Å². The molecular weight excluding hydrogens is 166 g/mol. The Morgan fingerprint density at radius 3 is 2.69 bits per heavy atom. The van der Waals surface area contributed by atoms with Crippen molar-refractivity contribution in [3.05, 3.63) is 11.6 Å². The van der Waals surface area contributed by atoms with E-state index in [0.29, 0.717) is 0 Å². The molecule has 0 aromatic heterocycles. The van der Waals surface area contributed by atoms with Crippen LogP contribution in [-0.2, 0) is 9.53 Å². The summed E-state index contributed by atoms with van der Waals surface area (Å²) in [6, 6.07) is 1.82. The van der Waals surface area contributed by atoms with Gasteiger partial charge < -0.3 is 4.74 Å². The predicted octanol–water partition coefficient (Wildman–Crippen LogP) is 2.19. The second kappa shape index (κ2) is 7.35. The molecule has 0 amide bonds. The van der Waals surface area contributed by atoms with Gasteiger partial charge in [0.25, 0.3) is 0 Å². The van der Waals surface area contributed by atoms with E-state index in [0.717, 1.165) is 25.7 Å². The van der Waals surface area contributed by atoms with Gasteiger partial charge in [0.1, 0.15) is 11.6 Å². The number of methoxy groups -OCH3 is 1. The molecule has 0 bridgehead atoms. The standard InChI is InChI=1S/C10H15NO2/c1-3-4-5-6-7-9(8-11)10(12)13-2/h7H,3-6H2,1-2H3. The average Bonchev–Trinajstić information content (AvgIpc) is 2.17. The Balaban J connectivity index is 3.95. The molecule has 13 heavy (non-hydrogen) atoms. The fraction of sp³-hybridized carbons (Fsp3) is 0.600. The Morgan fingerprint density at radius 1 is 1.54 bits per heavy atom. The van der Waals surface area contributed by atoms with E-state index in [9.17, 15) is 4.79 Å². The van der Waals surface area contributed by atoms with Crippen LogP contribution in [0.2, 0.25) is 0 Å². The van der Waals surface area contributed by atoms with Crippen molar-refractivity contribution in [3.63, 3.8) is 0 Å². The number of carbonyl (C=O) groups excluding carboxylic acids is 1. The molecule has 0 aromatic rings. The van der Waals surface area contributed by atoms with Gasteiger partial charge in [-0.15, -0.1) is 0 Å². The van der Waals surface area contributed by atoms with E-state index >= 15 is 0 Å². The number of allylic oxidation sites excluding steroid dienone is 1. The first-order chi connectivity index (χ1) is 6.26. The van der Waals surface area contributed by atoms with E-state index in [4.69, 9.17) is 5.26 Å². The Morgan fingerprint density at radius 2 is 2.23 bits per heavy atom. The van der Waals surface area contributed by atoms with Crippen LogP contribution in [0.1, 0.15) is 32.6 Å². The van der Waals surface area contributed by atoms with E-state index in [2.05, 4.69) is 11.7 Å². The summed E-state index contributed by atoms with van der Waals surface area (Å²) in [6.45, 7) is 2.11. The zero-order valence-corrected chi connectivity index (χ0v) is 8.17. The molecule has 0 fully saturated rings. The van der Waals surface area contributed by atoms with E-state index in [1.165, 1.54) is 7.11 Å². The number of unbranched alkanes of at least 4 members (excludes halogenated alkanes) is 3. The number of esters is 1. The van der Waals surface area contributed by atoms with Crippen LogP contribution in [-0.4, -0.2) is 13.1 Å². The summed E-state index contributed by atoms with van der Waals surface area (Å²) in [5, 5.41) is 8.56. The van der Waals surface area contributed by atoms with Crippen molar-refractivity contribution in [1.82, 2.24) is 0 Å². The predicted molar refractivity (Wildman–Crippen MR) is 49.9 cm³/mol. The van der Waals surface area contributed by atoms with Crippen molar-refractivity contribution in [2.24, 2.45) is 0 Å². The first kappa shape index (κ1) is 11.7. The SMILES string of the molecule is CCCCCC=C(C#N)C(=O)OC. The molecule has 0 atom stereocenters. The number of hydrogen-bond donors (Lipinski definition) is 0. The van der Waals surface area contributed by atoms with Gasteiger partial charge in [-0.2, -0.15) is 5.26 Å². The lowest BCUT2D eigenvalue weighted by Gasteiger charge is -1.96. The van der Waals surface area contributed by atoms with Crippen LogP contribution in [0.25, 0.3) is 0 Å². The van der Waals surface area contributed by atoms with Crippen molar-refractivity contribution in [2.75, 3.05) is 7.11 Å². The van der Waals surface area contributed by atoms with Crippen LogP contribution in [0.3, 0.4) is 0 Å². The maximum atomic E-state index is 10.9. The van der Waals surface area contributed by atoms with Crippen molar-refractivity contribution in [1.29, 1.82) is 5.26 Å². The summed E-state index contributed by atoms with van der Waals surface area (Å²) in [5.74, 6) is -0.543. The van der Waals surface area contributed by atoms with Crippen LogP contribution in [0.15, 0.2) is 11.6 Å². The zero-order valence-electron chi connectivity index (χ0n) is 8.17. The van der Waals surface area contributed by atoms with Gasteiger partial charge >= 0.3 is 5.97 Å². The minimum absolute atomic E-state index is 0.110. The molecular formula is C10H15NO2. The number of nitrogens with zero attached hydrogens (tertiary/aromatic N) is 1. The number of rotatable bonds is 5. The van der Waals surface area contributed by atoms with Gasteiger partial charge in [0.05, 0.1) is 7.11 Å². The third-order valence-corrected chi connectivity index (χ3v) is 1.68. The molecule has 72 valence electrons. The Hall–Kier alpha value is -1.30. The molecule has 0 rings (SSSR count). The summed E-state index contributed by atoms with van der Waals surface area (Å²) in [6.07, 6.45) is 5.68. The molecule has 0 heterocycles. The van der Waals surface area contributed by atoms with Crippen molar-refractivity contribution >= 4 is 5.97 Å². The van der Waals surface area contributed by atoms with Gasteiger partial charge in [0.15, 0.2) is 0 Å². The number of nitriles is 1. The van der Waals surface area contributed by atoms with Gasteiger partial charge in [0, 0.05) is 0 Å². The highest BCUT2D eigenvalue weighted by Gasteiger charge is 2.06. The highest BCUT2D eigenvalue weighted by atomic mass is 16.5. The van der Waals surface area contributed by atoms with E-state index in [1.807, 2.05) is 6.07 Å². The first-order valence-corrected chi connectivity index (χ1v) is 4.44. The zero-order chi connectivity index (χ0) is 10.1. The number of carbonyl (C=O) groups is 1. The van der Waals surface area contributed by atoms with Gasteiger partial charge in [-0.25, -0.2) is 4.79 Å². The van der Waals surface area contributed by atoms with Crippen molar-refractivity contribution < 1.29 is 9.53 Å². The Bertz CT molecular complexity index is 226. The van der Waals surface area contributed by atoms with Gasteiger partial charge in [-0.1, -0.05) is 25.8 Å². The molecule has 0 aromatic carbocycles. The summed E-state index contributed by atoms with van der Waals surface area (Å²) in [5.41, 5.74) is 0.110. The van der Waals surface area contributed by atoms with Crippen molar-refractivity contribution in [3.8, 4) is 6.07 Å². The maximum Gasteiger partial charge on any atom is 0.348 e. The highest BCUT2D eigenvalue weighted by Crippen LogP contribution is 2.04. The van der Waals surface area contributed by atoms with Gasteiger partial charge in [0.2, 0.25) is 0 Å². The van der Waals surface area contributed by atoms with E-state index in [1.54, 1.807) is 6.08 Å². The molecule has 0 N–H and O–H groups in total. The monoisotopic (exact) mass is 181 g/mol. The smallest absolute Gasteiger partial charge is 0.348 e. The molecule has 0 aliphatic carbocycles. The quantitative estimate of drug-likeness (QED) is 0.283. The lowest BCUT2D eigenvalue weighted by Crippen LogP contribution is -2.02. The summed E-state index contributed by atoms with van der Waals surface area (Å²) < 4.78 is 4.43. The molecule has 3 heteroatoms. The second-order valence-electron chi connectivity index (χ2n) is 2.72. The molecule has 3 nitrogen and oxygen atoms in total. The third-order valence-electron chi connectivity index (χ3n) is 1.68. The first-order valence-electron chi connectivity index (χ1n) is 4.44. The number of ether oxygens (including phenoxy) is 1. The largest absolute Gasteiger partial charge is 0.465 e. The van der Waals surface area contributed by atoms with Gasteiger partial charge in [-0.3, -0.25) is 0 Å². The molecule has 0 unspecified atom stereocenters.